The third-order valence-electron chi connectivity index (χ3n) is 3.26. The second-order valence-corrected chi connectivity index (χ2v) is 4.81. The number of nitro benzene ring substituents is 1. The Hall–Kier alpha value is -2.64. The van der Waals surface area contributed by atoms with Gasteiger partial charge in [-0.1, -0.05) is 0 Å². The van der Waals surface area contributed by atoms with Gasteiger partial charge in [0.1, 0.15) is 11.6 Å². The first-order chi connectivity index (χ1) is 9.97. The molecule has 1 aliphatic carbocycles. The summed E-state index contributed by atoms with van der Waals surface area (Å²) in [6.45, 7) is 0. The Morgan fingerprint density at radius 3 is 2.67 bits per heavy atom. The fourth-order valence-corrected chi connectivity index (χ4v) is 2.08. The highest BCUT2D eigenvalue weighted by Crippen LogP contribution is 2.39. The van der Waals surface area contributed by atoms with Crippen LogP contribution < -0.4 is 5.56 Å². The molecule has 0 radical (unpaired) electrons. The number of nitrogens with zero attached hydrogens (tertiary/aromatic N) is 2. The van der Waals surface area contributed by atoms with Crippen LogP contribution in [0, 0.1) is 21.7 Å². The van der Waals surface area contributed by atoms with E-state index in [0.29, 0.717) is 5.69 Å². The van der Waals surface area contributed by atoms with Crippen LogP contribution in [0.5, 0.6) is 0 Å². The molecule has 1 N–H and O–H groups in total. The summed E-state index contributed by atoms with van der Waals surface area (Å²) in [5, 5.41) is 10.7. The van der Waals surface area contributed by atoms with E-state index in [1.807, 2.05) is 0 Å². The molecule has 0 saturated heterocycles. The fraction of sp³-hybridized carbons (Fsp3) is 0.231. The van der Waals surface area contributed by atoms with Gasteiger partial charge in [-0.2, -0.15) is 4.39 Å². The average Bonchev–Trinajstić information content (AvgIpc) is 3.21. The third kappa shape index (κ3) is 2.39. The van der Waals surface area contributed by atoms with E-state index in [1.54, 1.807) is 0 Å². The second kappa shape index (κ2) is 4.72. The van der Waals surface area contributed by atoms with Crippen LogP contribution in [0.1, 0.15) is 24.5 Å². The lowest BCUT2D eigenvalue weighted by molar-refractivity contribution is -0.387. The van der Waals surface area contributed by atoms with E-state index in [-0.39, 0.29) is 11.7 Å². The zero-order valence-corrected chi connectivity index (χ0v) is 10.6. The van der Waals surface area contributed by atoms with Crippen molar-refractivity contribution < 1.29 is 13.7 Å². The number of H-pyrrole nitrogens is 1. The second-order valence-electron chi connectivity index (χ2n) is 4.81. The molecule has 0 unspecified atom stereocenters. The average molecular weight is 293 g/mol. The molecule has 6 nitrogen and oxygen atoms in total. The van der Waals surface area contributed by atoms with Gasteiger partial charge in [-0.3, -0.25) is 14.9 Å². The van der Waals surface area contributed by atoms with Crippen LogP contribution in [0.15, 0.2) is 23.0 Å². The first-order valence-corrected chi connectivity index (χ1v) is 6.21. The van der Waals surface area contributed by atoms with Crippen LogP contribution in [0.4, 0.5) is 14.5 Å². The first kappa shape index (κ1) is 13.3. The lowest BCUT2D eigenvalue weighted by atomic mass is 10.1. The van der Waals surface area contributed by atoms with Crippen molar-refractivity contribution in [3.63, 3.8) is 0 Å². The van der Waals surface area contributed by atoms with Crippen molar-refractivity contribution in [3.05, 3.63) is 56.0 Å². The lowest BCUT2D eigenvalue weighted by Crippen LogP contribution is -2.11. The van der Waals surface area contributed by atoms with Gasteiger partial charge in [-0.25, -0.2) is 9.37 Å². The van der Waals surface area contributed by atoms with Crippen molar-refractivity contribution in [1.82, 2.24) is 9.97 Å². The Labute approximate surface area is 116 Å². The molecule has 1 aromatic carbocycles. The Balaban J connectivity index is 2.22. The van der Waals surface area contributed by atoms with E-state index in [4.69, 9.17) is 0 Å². The number of nitrogens with one attached hydrogen (secondary N) is 1. The number of nitro groups is 1. The Kier molecular flexibility index (Phi) is 3.00. The van der Waals surface area contributed by atoms with E-state index in [2.05, 4.69) is 9.97 Å². The number of aromatic nitrogens is 2. The monoisotopic (exact) mass is 293 g/mol. The Morgan fingerprint density at radius 2 is 2.05 bits per heavy atom. The van der Waals surface area contributed by atoms with Gasteiger partial charge < -0.3 is 4.98 Å². The van der Waals surface area contributed by atoms with E-state index in [9.17, 15) is 23.7 Å². The lowest BCUT2D eigenvalue weighted by Gasteiger charge is -2.06. The van der Waals surface area contributed by atoms with Crippen LogP contribution in [0.2, 0.25) is 0 Å². The van der Waals surface area contributed by atoms with Gasteiger partial charge >= 0.3 is 5.69 Å². The highest BCUT2D eigenvalue weighted by atomic mass is 19.1. The molecule has 0 bridgehead atoms. The van der Waals surface area contributed by atoms with Crippen molar-refractivity contribution in [2.45, 2.75) is 18.8 Å². The third-order valence-corrected chi connectivity index (χ3v) is 3.26. The summed E-state index contributed by atoms with van der Waals surface area (Å²) in [5.41, 5.74) is -1.67. The van der Waals surface area contributed by atoms with E-state index >= 15 is 0 Å². The molecule has 0 aliphatic heterocycles. The maximum atomic E-state index is 14.1. The maximum Gasteiger partial charge on any atom is 0.305 e. The number of benzene rings is 1. The normalized spacial score (nSPS) is 14.2. The van der Waals surface area contributed by atoms with E-state index < -0.39 is 33.4 Å². The minimum Gasteiger partial charge on any atom is -0.306 e. The largest absolute Gasteiger partial charge is 0.306 e. The fourth-order valence-electron chi connectivity index (χ4n) is 2.08. The molecule has 1 saturated carbocycles. The van der Waals surface area contributed by atoms with Crippen molar-refractivity contribution in [3.8, 4) is 11.4 Å². The molecule has 0 spiro atoms. The zero-order valence-electron chi connectivity index (χ0n) is 10.6. The number of hydrogen-bond acceptors (Lipinski definition) is 4. The highest BCUT2D eigenvalue weighted by Gasteiger charge is 2.28. The van der Waals surface area contributed by atoms with Crippen molar-refractivity contribution >= 4 is 5.69 Å². The van der Waals surface area contributed by atoms with E-state index in [0.717, 1.165) is 25.0 Å². The maximum absolute atomic E-state index is 14.1. The number of halogens is 2. The van der Waals surface area contributed by atoms with Crippen LogP contribution >= 0.6 is 0 Å². The van der Waals surface area contributed by atoms with Gasteiger partial charge in [0.2, 0.25) is 5.82 Å². The Morgan fingerprint density at radius 1 is 1.33 bits per heavy atom. The van der Waals surface area contributed by atoms with Gasteiger partial charge in [-0.05, 0) is 18.9 Å². The number of hydrogen-bond donors (Lipinski definition) is 1. The van der Waals surface area contributed by atoms with Gasteiger partial charge in [0.15, 0.2) is 0 Å². The standard InChI is InChI=1S/C13H9F2N3O3/c14-7-3-4-9(18(20)21)12(15)11(7)13-16-8(6-1-2-6)5-10(19)17-13/h3-6H,1-2H2,(H,16,17,19). The molecule has 0 amide bonds. The Bertz CT molecular complexity index is 800. The van der Waals surface area contributed by atoms with Crippen molar-refractivity contribution in [1.29, 1.82) is 0 Å². The summed E-state index contributed by atoms with van der Waals surface area (Å²) in [5.74, 6) is -2.59. The van der Waals surface area contributed by atoms with Crippen LogP contribution in [0.25, 0.3) is 11.4 Å². The van der Waals surface area contributed by atoms with Crippen LogP contribution in [-0.4, -0.2) is 14.9 Å². The SMILES string of the molecule is O=c1cc(C2CC2)nc(-c2c(F)ccc([N+](=O)[O-])c2F)[nH]1. The zero-order chi connectivity index (χ0) is 15.1. The minimum absolute atomic E-state index is 0.107. The molecule has 21 heavy (non-hydrogen) atoms. The molecule has 0 atom stereocenters. The predicted octanol–water partition coefficient (Wildman–Crippen LogP) is 2.50. The summed E-state index contributed by atoms with van der Waals surface area (Å²) in [6.07, 6.45) is 1.71. The molecule has 8 heteroatoms. The molecule has 1 aromatic heterocycles. The molecule has 3 rings (SSSR count). The molecule has 1 aliphatic rings. The summed E-state index contributed by atoms with van der Waals surface area (Å²) >= 11 is 0. The van der Waals surface area contributed by atoms with Crippen molar-refractivity contribution in [2.75, 3.05) is 0 Å². The summed E-state index contributed by atoms with van der Waals surface area (Å²) < 4.78 is 27.9. The van der Waals surface area contributed by atoms with Gasteiger partial charge in [0, 0.05) is 18.1 Å². The summed E-state index contributed by atoms with van der Waals surface area (Å²) in [4.78, 5) is 27.6. The van der Waals surface area contributed by atoms with Crippen LogP contribution in [0.3, 0.4) is 0 Å². The highest BCUT2D eigenvalue weighted by molar-refractivity contribution is 5.61. The number of aromatic amines is 1. The predicted molar refractivity (Wildman–Crippen MR) is 68.8 cm³/mol. The topological polar surface area (TPSA) is 88.9 Å². The van der Waals surface area contributed by atoms with Gasteiger partial charge in [-0.15, -0.1) is 0 Å². The molecule has 1 heterocycles. The summed E-state index contributed by atoms with van der Waals surface area (Å²) in [6, 6.07) is 2.78. The van der Waals surface area contributed by atoms with Gasteiger partial charge in [0.25, 0.3) is 5.56 Å². The minimum atomic E-state index is -1.35. The molecule has 108 valence electrons. The van der Waals surface area contributed by atoms with Gasteiger partial charge in [0.05, 0.1) is 16.2 Å². The molecular formula is C13H9F2N3O3. The van der Waals surface area contributed by atoms with Crippen LogP contribution in [-0.2, 0) is 0 Å². The summed E-state index contributed by atoms with van der Waals surface area (Å²) in [7, 11) is 0. The molecule has 1 fully saturated rings. The quantitative estimate of drug-likeness (QED) is 0.695. The first-order valence-electron chi connectivity index (χ1n) is 6.21. The van der Waals surface area contributed by atoms with E-state index in [1.165, 1.54) is 6.07 Å². The molecule has 2 aromatic rings. The molecular weight excluding hydrogens is 284 g/mol. The number of rotatable bonds is 3. The smallest absolute Gasteiger partial charge is 0.305 e. The van der Waals surface area contributed by atoms with Crippen molar-refractivity contribution in [2.24, 2.45) is 0 Å².